The average molecular weight is 621 g/mol. The minimum Gasteiger partial charge on any atom is -0.352 e. The molecule has 0 saturated heterocycles. The molecule has 2 amide bonds. The van der Waals surface area contributed by atoms with Crippen LogP contribution in [-0.2, 0) is 26.2 Å². The monoisotopic (exact) mass is 619 g/mol. The highest BCUT2D eigenvalue weighted by molar-refractivity contribution is 9.10. The van der Waals surface area contributed by atoms with Crippen LogP contribution in [0.25, 0.3) is 0 Å². The van der Waals surface area contributed by atoms with Crippen LogP contribution in [0.5, 0.6) is 0 Å². The molecule has 202 valence electrons. The fourth-order valence-corrected chi connectivity index (χ4v) is 5.61. The fourth-order valence-electron chi connectivity index (χ4n) is 3.71. The van der Waals surface area contributed by atoms with Gasteiger partial charge in [-0.3, -0.25) is 13.9 Å². The highest BCUT2D eigenvalue weighted by atomic mass is 79.9. The average Bonchev–Trinajstić information content (AvgIpc) is 2.91. The van der Waals surface area contributed by atoms with E-state index in [1.165, 1.54) is 17.0 Å². The summed E-state index contributed by atoms with van der Waals surface area (Å²) in [7, 11) is -4.10. The molecule has 0 aliphatic rings. The van der Waals surface area contributed by atoms with Gasteiger partial charge in [0, 0.05) is 22.1 Å². The predicted octanol–water partition coefficient (Wildman–Crippen LogP) is 5.63. The molecular formula is C28H31BrClN3O4S. The zero-order valence-electron chi connectivity index (χ0n) is 21.5. The molecule has 0 heterocycles. The third kappa shape index (κ3) is 7.36. The van der Waals surface area contributed by atoms with Crippen LogP contribution in [0.15, 0.2) is 88.2 Å². The van der Waals surface area contributed by atoms with E-state index in [1.54, 1.807) is 73.7 Å². The van der Waals surface area contributed by atoms with Gasteiger partial charge in [0.2, 0.25) is 11.8 Å². The Hall–Kier alpha value is -2.88. The Labute approximate surface area is 238 Å². The van der Waals surface area contributed by atoms with Crippen molar-refractivity contribution in [1.29, 1.82) is 0 Å². The number of anilines is 1. The molecule has 0 unspecified atom stereocenters. The molecular weight excluding hydrogens is 590 g/mol. The van der Waals surface area contributed by atoms with E-state index >= 15 is 0 Å². The molecule has 1 N–H and O–H groups in total. The summed E-state index contributed by atoms with van der Waals surface area (Å²) >= 11 is 9.75. The summed E-state index contributed by atoms with van der Waals surface area (Å²) in [6, 6.07) is 20.7. The predicted molar refractivity (Wildman–Crippen MR) is 154 cm³/mol. The minimum absolute atomic E-state index is 0.0349. The second-order valence-electron chi connectivity index (χ2n) is 8.91. The van der Waals surface area contributed by atoms with Crippen molar-refractivity contribution < 1.29 is 18.0 Å². The summed E-state index contributed by atoms with van der Waals surface area (Å²) in [5.41, 5.74) is 0.964. The van der Waals surface area contributed by atoms with Crippen molar-refractivity contribution >= 4 is 55.1 Å². The van der Waals surface area contributed by atoms with Gasteiger partial charge in [-0.1, -0.05) is 70.9 Å². The van der Waals surface area contributed by atoms with E-state index in [1.807, 2.05) is 13.8 Å². The van der Waals surface area contributed by atoms with Gasteiger partial charge >= 0.3 is 0 Å². The first-order chi connectivity index (χ1) is 18.0. The van der Waals surface area contributed by atoms with Crippen molar-refractivity contribution in [2.75, 3.05) is 10.8 Å². The largest absolute Gasteiger partial charge is 0.352 e. The number of hydrogen-bond donors (Lipinski definition) is 1. The number of carbonyl (C=O) groups is 2. The van der Waals surface area contributed by atoms with Crippen molar-refractivity contribution in [3.05, 3.63) is 93.9 Å². The fraction of sp³-hybridized carbons (Fsp3) is 0.286. The molecule has 38 heavy (non-hydrogen) atoms. The van der Waals surface area contributed by atoms with Crippen LogP contribution in [0.1, 0.15) is 32.8 Å². The zero-order chi connectivity index (χ0) is 27.9. The van der Waals surface area contributed by atoms with Crippen LogP contribution < -0.4 is 9.62 Å². The van der Waals surface area contributed by atoms with E-state index in [0.29, 0.717) is 16.3 Å². The summed E-state index contributed by atoms with van der Waals surface area (Å²) in [6.07, 6.45) is 0.726. The smallest absolute Gasteiger partial charge is 0.264 e. The first-order valence-corrected chi connectivity index (χ1v) is 14.8. The molecule has 0 fully saturated rings. The van der Waals surface area contributed by atoms with E-state index in [2.05, 4.69) is 21.2 Å². The molecule has 0 aromatic heterocycles. The Morgan fingerprint density at radius 2 is 1.55 bits per heavy atom. The van der Waals surface area contributed by atoms with Gasteiger partial charge in [0.05, 0.1) is 10.6 Å². The molecule has 3 aromatic carbocycles. The second-order valence-corrected chi connectivity index (χ2v) is 12.1. The number of nitrogens with one attached hydrogen (secondary N) is 1. The van der Waals surface area contributed by atoms with Crippen LogP contribution in [-0.4, -0.2) is 43.8 Å². The Morgan fingerprint density at radius 3 is 2.16 bits per heavy atom. The highest BCUT2D eigenvalue weighted by Gasteiger charge is 2.33. The van der Waals surface area contributed by atoms with Crippen molar-refractivity contribution in [1.82, 2.24) is 10.2 Å². The summed E-state index contributed by atoms with van der Waals surface area (Å²) < 4.78 is 29.3. The summed E-state index contributed by atoms with van der Waals surface area (Å²) in [6.45, 7) is 4.99. The Kier molecular flexibility index (Phi) is 10.4. The number of amides is 2. The Balaban J connectivity index is 2.02. The lowest BCUT2D eigenvalue weighted by molar-refractivity contribution is -0.139. The number of sulfonamides is 1. The maximum atomic E-state index is 13.9. The molecule has 10 heteroatoms. The van der Waals surface area contributed by atoms with Gasteiger partial charge in [-0.15, -0.1) is 0 Å². The van der Waals surface area contributed by atoms with E-state index in [4.69, 9.17) is 11.6 Å². The van der Waals surface area contributed by atoms with Crippen molar-refractivity contribution in [3.8, 4) is 0 Å². The second kappa shape index (κ2) is 13.3. The van der Waals surface area contributed by atoms with E-state index in [-0.39, 0.29) is 23.4 Å². The molecule has 2 atom stereocenters. The van der Waals surface area contributed by atoms with Gasteiger partial charge in [-0.05, 0) is 68.3 Å². The van der Waals surface area contributed by atoms with Crippen molar-refractivity contribution in [2.45, 2.75) is 50.7 Å². The van der Waals surface area contributed by atoms with Crippen LogP contribution >= 0.6 is 27.5 Å². The quantitative estimate of drug-likeness (QED) is 0.301. The number of halogens is 2. The third-order valence-corrected chi connectivity index (χ3v) is 8.88. The standard InChI is InChI=1S/C28H31BrClN3O4S/c1-4-20(2)31-28(35)21(3)32(18-22-10-8-9-13-26(22)30)27(34)19-33(24-16-14-23(29)15-17-24)38(36,37)25-11-6-5-7-12-25/h5-17,20-21H,4,18-19H2,1-3H3,(H,31,35)/t20-,21+/m0/s1. The zero-order valence-corrected chi connectivity index (χ0v) is 24.6. The van der Waals surface area contributed by atoms with Crippen LogP contribution in [0, 0.1) is 0 Å². The Bertz CT molecular complexity index is 1350. The van der Waals surface area contributed by atoms with Gasteiger partial charge < -0.3 is 10.2 Å². The Morgan fingerprint density at radius 1 is 0.947 bits per heavy atom. The molecule has 3 rings (SSSR count). The minimum atomic E-state index is -4.10. The lowest BCUT2D eigenvalue weighted by atomic mass is 10.1. The topological polar surface area (TPSA) is 86.8 Å². The molecule has 0 aliphatic carbocycles. The lowest BCUT2D eigenvalue weighted by Gasteiger charge is -2.32. The summed E-state index contributed by atoms with van der Waals surface area (Å²) in [5, 5.41) is 3.36. The SMILES string of the molecule is CC[C@H](C)NC(=O)[C@@H](C)N(Cc1ccccc1Cl)C(=O)CN(c1ccc(Br)cc1)S(=O)(=O)c1ccccc1. The highest BCUT2D eigenvalue weighted by Crippen LogP contribution is 2.26. The normalized spacial score (nSPS) is 12.9. The molecule has 3 aromatic rings. The summed E-state index contributed by atoms with van der Waals surface area (Å²) in [4.78, 5) is 28.4. The maximum Gasteiger partial charge on any atom is 0.264 e. The molecule has 7 nitrogen and oxygen atoms in total. The van der Waals surface area contributed by atoms with Gasteiger partial charge in [-0.25, -0.2) is 8.42 Å². The van der Waals surface area contributed by atoms with Crippen molar-refractivity contribution in [3.63, 3.8) is 0 Å². The van der Waals surface area contributed by atoms with Gasteiger partial charge in [-0.2, -0.15) is 0 Å². The molecule has 0 saturated carbocycles. The number of rotatable bonds is 11. The number of carbonyl (C=O) groups excluding carboxylic acids is 2. The molecule has 0 radical (unpaired) electrons. The number of hydrogen-bond acceptors (Lipinski definition) is 4. The van der Waals surface area contributed by atoms with Crippen molar-refractivity contribution in [2.24, 2.45) is 0 Å². The molecule has 0 bridgehead atoms. The number of benzene rings is 3. The number of nitrogens with zero attached hydrogens (tertiary/aromatic N) is 2. The van der Waals surface area contributed by atoms with Crippen LogP contribution in [0.2, 0.25) is 5.02 Å². The molecule has 0 spiro atoms. The first-order valence-electron chi connectivity index (χ1n) is 12.2. The van der Waals surface area contributed by atoms with E-state index < -0.39 is 28.5 Å². The third-order valence-electron chi connectivity index (χ3n) is 6.19. The van der Waals surface area contributed by atoms with E-state index in [0.717, 1.165) is 15.2 Å². The van der Waals surface area contributed by atoms with Crippen LogP contribution in [0.3, 0.4) is 0 Å². The van der Waals surface area contributed by atoms with E-state index in [9.17, 15) is 18.0 Å². The maximum absolute atomic E-state index is 13.9. The van der Waals surface area contributed by atoms with Gasteiger partial charge in [0.15, 0.2) is 0 Å². The molecule has 0 aliphatic heterocycles. The van der Waals surface area contributed by atoms with Crippen LogP contribution in [0.4, 0.5) is 5.69 Å². The first kappa shape index (κ1) is 29.7. The van der Waals surface area contributed by atoms with Gasteiger partial charge in [0.1, 0.15) is 12.6 Å². The lowest BCUT2D eigenvalue weighted by Crippen LogP contribution is -2.52. The summed E-state index contributed by atoms with van der Waals surface area (Å²) in [5.74, 6) is -0.875. The van der Waals surface area contributed by atoms with Gasteiger partial charge in [0.25, 0.3) is 10.0 Å².